The molecule has 0 aromatic carbocycles. The Balaban J connectivity index is 1.61. The van der Waals surface area contributed by atoms with E-state index >= 15 is 0 Å². The van der Waals surface area contributed by atoms with Crippen LogP contribution in [0.25, 0.3) is 0 Å². The van der Waals surface area contributed by atoms with Crippen molar-refractivity contribution in [1.29, 1.82) is 0 Å². The standard InChI is InChI=1S/C37H62N2O29/c1-9(45)38-17-11(47)3-37(36(58)59,67-30(17)19(49)12(48)4-40)68-31-26(56)35(64-27-15(7-43)60-32(57)24(54)23(27)53)63-16(8-44)28(31)65-33-18(39-10(2)46)29(21(51)14(6-42)61-33)66-34-25(55)22(52)20(50)13(5-41)62-34/h11-35,40-44,47-57H,3-8H2,1-2H3,(H,38,45)(H,39,46)(H,58,59)/p-1/t11-,12?,13+,14+,15+,16+,17+,18+,19?,20-,21-,22-,23+,24+,25+,26+,27+,28-,29+,30+,31+,32?,33-,34-,35-,37-/m0/s1. The van der Waals surface area contributed by atoms with Gasteiger partial charge in [0.2, 0.25) is 5.91 Å². The second-order valence-electron chi connectivity index (χ2n) is 16.8. The van der Waals surface area contributed by atoms with Gasteiger partial charge in [0, 0.05) is 13.3 Å². The number of carboxylic acid groups (broad SMARTS) is 1. The van der Waals surface area contributed by atoms with E-state index in [0.717, 1.165) is 13.8 Å². The number of hydrogen-bond donors (Lipinski definition) is 18. The van der Waals surface area contributed by atoms with Crippen molar-refractivity contribution in [3.63, 3.8) is 0 Å². The minimum absolute atomic E-state index is 0.917. The number of ether oxygens (including phenoxy) is 9. The average molecular weight is 998 g/mol. The van der Waals surface area contributed by atoms with Crippen molar-refractivity contribution >= 4 is 17.8 Å². The van der Waals surface area contributed by atoms with E-state index in [1.807, 2.05) is 0 Å². The van der Waals surface area contributed by atoms with Crippen molar-refractivity contribution < 1.29 is 144 Å². The Morgan fingerprint density at radius 3 is 1.75 bits per heavy atom. The van der Waals surface area contributed by atoms with E-state index in [0.29, 0.717) is 0 Å². The van der Waals surface area contributed by atoms with Gasteiger partial charge in [-0.15, -0.1) is 0 Å². The molecule has 31 nitrogen and oxygen atoms in total. The molecule has 31 heteroatoms. The van der Waals surface area contributed by atoms with E-state index in [-0.39, 0.29) is 0 Å². The molecule has 0 radical (unpaired) electrons. The molecule has 5 heterocycles. The van der Waals surface area contributed by atoms with Gasteiger partial charge in [-0.1, -0.05) is 0 Å². The Morgan fingerprint density at radius 1 is 0.662 bits per heavy atom. The van der Waals surface area contributed by atoms with Gasteiger partial charge < -0.3 is 140 Å². The smallest absolute Gasteiger partial charge is 0.364 e. The van der Waals surface area contributed by atoms with Gasteiger partial charge in [-0.25, -0.2) is 4.79 Å². The molecule has 5 saturated heterocycles. The van der Waals surface area contributed by atoms with Gasteiger partial charge in [0.25, 0.3) is 5.79 Å². The fourth-order valence-corrected chi connectivity index (χ4v) is 8.47. The van der Waals surface area contributed by atoms with E-state index < -0.39 is 216 Å². The Bertz CT molecular complexity index is 1660. The lowest BCUT2D eigenvalue weighted by Crippen LogP contribution is -2.71. The highest BCUT2D eigenvalue weighted by atomic mass is 16.8. The van der Waals surface area contributed by atoms with Crippen LogP contribution in [0, 0.1) is 0 Å². The molecule has 5 aliphatic heterocycles. The number of carboxylic acids is 1. The highest BCUT2D eigenvalue weighted by molar-refractivity contribution is 5.76. The second kappa shape index (κ2) is 23.8. The van der Waals surface area contributed by atoms with Crippen LogP contribution in [0.5, 0.6) is 0 Å². The Labute approximate surface area is 384 Å². The maximum atomic E-state index is 13.4. The zero-order valence-corrected chi connectivity index (χ0v) is 36.1. The van der Waals surface area contributed by atoms with Gasteiger partial charge in [-0.3, -0.25) is 9.79 Å². The van der Waals surface area contributed by atoms with Gasteiger partial charge >= 0.3 is 5.97 Å². The van der Waals surface area contributed by atoms with Crippen LogP contribution in [0.2, 0.25) is 0 Å². The quantitative estimate of drug-likeness (QED) is 0.0448. The van der Waals surface area contributed by atoms with Crippen LogP contribution < -0.4 is 10.4 Å². The molecule has 394 valence electrons. The molecule has 18 N–H and O–H groups in total. The van der Waals surface area contributed by atoms with Gasteiger partial charge in [-0.2, -0.15) is 0 Å². The summed E-state index contributed by atoms with van der Waals surface area (Å²) in [7, 11) is 0. The average Bonchev–Trinajstić information content (AvgIpc) is 3.29. The van der Waals surface area contributed by atoms with Crippen LogP contribution in [0.15, 0.2) is 4.99 Å². The summed E-state index contributed by atoms with van der Waals surface area (Å²) in [6.07, 6.45) is -48.8. The molecular formula is C37H61N2O29-. The third-order valence-electron chi connectivity index (χ3n) is 12.0. The number of carbonyl (C=O) groups excluding carboxylic acids is 1. The Hall–Kier alpha value is -2.59. The fourth-order valence-electron chi connectivity index (χ4n) is 8.47. The lowest BCUT2D eigenvalue weighted by molar-refractivity contribution is -0.402. The van der Waals surface area contributed by atoms with E-state index in [4.69, 9.17) is 42.6 Å². The summed E-state index contributed by atoms with van der Waals surface area (Å²) in [4.78, 5) is 29.8. The number of nitrogens with zero attached hydrogens (tertiary/aromatic N) is 1. The van der Waals surface area contributed by atoms with Crippen LogP contribution in [0.4, 0.5) is 0 Å². The predicted octanol–water partition coefficient (Wildman–Crippen LogP) is -12.8. The van der Waals surface area contributed by atoms with Crippen molar-refractivity contribution in [2.45, 2.75) is 179 Å². The lowest BCUT2D eigenvalue weighted by Gasteiger charge is -2.52. The minimum Gasteiger partial charge on any atom is -0.862 e. The molecule has 68 heavy (non-hydrogen) atoms. The van der Waals surface area contributed by atoms with E-state index in [2.05, 4.69) is 10.3 Å². The number of nitrogens with one attached hydrogen (secondary N) is 1. The molecule has 26 atom stereocenters. The fraction of sp³-hybridized carbons (Fsp3) is 0.919. The maximum absolute atomic E-state index is 13.4. The molecule has 1 amide bonds. The molecular weight excluding hydrogens is 936 g/mol. The SMILES string of the molecule is CC(=O)N[C@H]1[C@H](O[C@@H]2[C@H](O[C@]3(C(=O)O)C[C@H](O)[C@@H](N=C(C)[O-])[C@H](C(O)C(O)CO)O3)[C@@H](O)[C@H](O[C@H]3[C@H](O)[C@@H](O)C(O)O[C@@H]3CO)O[C@@H]2CO)O[C@H](CO)[C@H](O)[C@@H]1O[C@@H]1O[C@H](CO)[C@H](O)[C@H](O)[C@H]1O. The molecule has 3 unspecified atom stereocenters. The third kappa shape index (κ3) is 11.8. The van der Waals surface area contributed by atoms with Crippen LogP contribution in [-0.4, -0.2) is 297 Å². The normalized spacial score (nSPS) is 47.0. The number of carbonyl (C=O) groups is 2. The van der Waals surface area contributed by atoms with Crippen molar-refractivity contribution in [2.75, 3.05) is 33.0 Å². The first-order valence-electron chi connectivity index (χ1n) is 21.2. The summed E-state index contributed by atoms with van der Waals surface area (Å²) in [5.74, 6) is -7.40. The first-order chi connectivity index (χ1) is 32.0. The molecule has 0 bridgehead atoms. The topological polar surface area (TPSA) is 509 Å². The molecule has 5 aliphatic rings. The summed E-state index contributed by atoms with van der Waals surface area (Å²) in [5, 5.41) is 195. The van der Waals surface area contributed by atoms with Crippen LogP contribution in [0.3, 0.4) is 0 Å². The van der Waals surface area contributed by atoms with E-state index in [1.165, 1.54) is 0 Å². The maximum Gasteiger partial charge on any atom is 0.364 e. The van der Waals surface area contributed by atoms with Crippen molar-refractivity contribution in [2.24, 2.45) is 4.99 Å². The number of rotatable bonds is 18. The molecule has 0 spiro atoms. The summed E-state index contributed by atoms with van der Waals surface area (Å²) < 4.78 is 51.5. The summed E-state index contributed by atoms with van der Waals surface area (Å²) in [5.41, 5.74) is 0. The molecule has 0 aromatic rings. The largest absolute Gasteiger partial charge is 0.862 e. The third-order valence-corrected chi connectivity index (χ3v) is 12.0. The minimum atomic E-state index is -3.34. The van der Waals surface area contributed by atoms with Crippen LogP contribution in [0.1, 0.15) is 20.3 Å². The monoisotopic (exact) mass is 997 g/mol. The van der Waals surface area contributed by atoms with Crippen molar-refractivity contribution in [3.05, 3.63) is 0 Å². The van der Waals surface area contributed by atoms with Gasteiger partial charge in [0.1, 0.15) is 122 Å². The zero-order chi connectivity index (χ0) is 50.7. The van der Waals surface area contributed by atoms with Gasteiger partial charge in [-0.05, 0) is 12.8 Å². The van der Waals surface area contributed by atoms with Gasteiger partial charge in [0.15, 0.2) is 25.2 Å². The number of hydrogen-bond acceptors (Lipinski definition) is 29. The van der Waals surface area contributed by atoms with Crippen LogP contribution in [-0.2, 0) is 52.2 Å². The zero-order valence-electron chi connectivity index (χ0n) is 36.1. The summed E-state index contributed by atoms with van der Waals surface area (Å²) in [6, 6.07) is -3.72. The highest BCUT2D eigenvalue weighted by Crippen LogP contribution is 2.41. The number of amides is 1. The van der Waals surface area contributed by atoms with Crippen molar-refractivity contribution in [1.82, 2.24) is 5.32 Å². The lowest BCUT2D eigenvalue weighted by atomic mass is 9.88. The summed E-state index contributed by atoms with van der Waals surface area (Å²) in [6.45, 7) is -3.56. The number of aliphatic carboxylic acids is 1. The first-order valence-corrected chi connectivity index (χ1v) is 21.2. The molecule has 5 rings (SSSR count). The highest BCUT2D eigenvalue weighted by Gasteiger charge is 2.62. The number of aliphatic imine (C=N–C) groups is 1. The molecule has 0 aromatic heterocycles. The molecule has 5 fully saturated rings. The molecule has 0 saturated carbocycles. The van der Waals surface area contributed by atoms with Crippen molar-refractivity contribution in [3.8, 4) is 0 Å². The summed E-state index contributed by atoms with van der Waals surface area (Å²) >= 11 is 0. The van der Waals surface area contributed by atoms with E-state index in [1.54, 1.807) is 0 Å². The van der Waals surface area contributed by atoms with E-state index in [9.17, 15) is 102 Å². The Kier molecular flexibility index (Phi) is 19.7. The number of aliphatic hydroxyl groups is 16. The molecule has 0 aliphatic carbocycles. The van der Waals surface area contributed by atoms with Gasteiger partial charge in [0.05, 0.1) is 39.1 Å². The first kappa shape index (κ1) is 56.3. The van der Waals surface area contributed by atoms with Crippen LogP contribution >= 0.6 is 0 Å². The predicted molar refractivity (Wildman–Crippen MR) is 206 cm³/mol. The number of aliphatic hydroxyl groups excluding tert-OH is 16. The second-order valence-corrected chi connectivity index (χ2v) is 16.8. The Morgan fingerprint density at radius 2 is 1.19 bits per heavy atom.